The van der Waals surface area contributed by atoms with Gasteiger partial charge in [-0.15, -0.1) is 0 Å². The summed E-state index contributed by atoms with van der Waals surface area (Å²) in [5.74, 6) is 1.63. The number of aryl methyl sites for hydroxylation is 2. The van der Waals surface area contributed by atoms with Crippen LogP contribution in [0.3, 0.4) is 0 Å². The lowest BCUT2D eigenvalue weighted by Crippen LogP contribution is -2.21. The summed E-state index contributed by atoms with van der Waals surface area (Å²) in [7, 11) is 0. The number of carbonyl (C=O) groups is 1. The van der Waals surface area contributed by atoms with E-state index < -0.39 is 0 Å². The number of hydrogen-bond acceptors (Lipinski definition) is 3. The third-order valence-electron chi connectivity index (χ3n) is 5.39. The van der Waals surface area contributed by atoms with Gasteiger partial charge in [0, 0.05) is 24.1 Å². The van der Waals surface area contributed by atoms with Crippen molar-refractivity contribution in [3.05, 3.63) is 83.0 Å². The molecular weight excluding hydrogens is 350 g/mol. The summed E-state index contributed by atoms with van der Waals surface area (Å²) in [6.07, 6.45) is 2.48. The van der Waals surface area contributed by atoms with E-state index in [2.05, 4.69) is 41.0 Å². The molecule has 4 aromatic rings. The first kappa shape index (κ1) is 16.8. The molecule has 1 N–H and O–H groups in total. The fourth-order valence-electron chi connectivity index (χ4n) is 4.12. The van der Waals surface area contributed by atoms with Crippen LogP contribution in [0.1, 0.15) is 40.6 Å². The minimum atomic E-state index is -0.101. The molecule has 0 saturated carbocycles. The Morgan fingerprint density at radius 1 is 1.11 bits per heavy atom. The second-order valence-corrected chi connectivity index (χ2v) is 7.41. The zero-order valence-electron chi connectivity index (χ0n) is 15.9. The van der Waals surface area contributed by atoms with Crippen LogP contribution in [0.5, 0.6) is 0 Å². The molecule has 140 valence electrons. The number of nitrogens with one attached hydrogen (secondary N) is 1. The summed E-state index contributed by atoms with van der Waals surface area (Å²) in [6, 6.07) is 16.2. The Labute approximate surface area is 163 Å². The second-order valence-electron chi connectivity index (χ2n) is 7.41. The van der Waals surface area contributed by atoms with E-state index in [0.29, 0.717) is 13.0 Å². The molecule has 0 aliphatic carbocycles. The first-order valence-corrected chi connectivity index (χ1v) is 9.50. The summed E-state index contributed by atoms with van der Waals surface area (Å²) in [6.45, 7) is 4.46. The summed E-state index contributed by atoms with van der Waals surface area (Å²) < 4.78 is 8.05. The zero-order chi connectivity index (χ0) is 19.3. The number of hydrogen-bond donors (Lipinski definition) is 1. The maximum atomic E-state index is 12.5. The SMILES string of the molecule is Cc1ccc2nc3c(n2c1)[C@H](c1ccccc1-c1ccc(C)o1)CC(=O)NC3. The quantitative estimate of drug-likeness (QED) is 0.569. The van der Waals surface area contributed by atoms with Crippen LogP contribution in [0.25, 0.3) is 17.0 Å². The Morgan fingerprint density at radius 2 is 1.96 bits per heavy atom. The molecule has 0 bridgehead atoms. The Hall–Kier alpha value is -3.34. The number of carbonyl (C=O) groups excluding carboxylic acids is 1. The van der Waals surface area contributed by atoms with Gasteiger partial charge in [0.05, 0.1) is 17.9 Å². The fraction of sp³-hybridized carbons (Fsp3) is 0.217. The van der Waals surface area contributed by atoms with E-state index in [9.17, 15) is 4.79 Å². The van der Waals surface area contributed by atoms with Gasteiger partial charge < -0.3 is 14.1 Å². The second kappa shape index (κ2) is 6.37. The normalized spacial score (nSPS) is 16.6. The van der Waals surface area contributed by atoms with Crippen molar-refractivity contribution >= 4 is 11.6 Å². The molecule has 1 aliphatic rings. The lowest BCUT2D eigenvalue weighted by atomic mass is 9.87. The van der Waals surface area contributed by atoms with E-state index in [4.69, 9.17) is 9.40 Å². The number of benzene rings is 1. The van der Waals surface area contributed by atoms with Crippen LogP contribution in [0.2, 0.25) is 0 Å². The van der Waals surface area contributed by atoms with E-state index >= 15 is 0 Å². The van der Waals surface area contributed by atoms with E-state index in [1.165, 1.54) is 0 Å². The Kier molecular flexibility index (Phi) is 3.83. The van der Waals surface area contributed by atoms with Crippen LogP contribution in [0.15, 0.2) is 59.1 Å². The lowest BCUT2D eigenvalue weighted by Gasteiger charge is -2.19. The number of imidazole rings is 1. The van der Waals surface area contributed by atoms with E-state index in [-0.39, 0.29) is 11.8 Å². The minimum Gasteiger partial charge on any atom is -0.461 e. The molecule has 5 heteroatoms. The van der Waals surface area contributed by atoms with Crippen LogP contribution in [-0.4, -0.2) is 15.3 Å². The molecule has 1 aromatic carbocycles. The van der Waals surface area contributed by atoms with Crippen LogP contribution in [0.4, 0.5) is 0 Å². The number of nitrogens with zero attached hydrogens (tertiary/aromatic N) is 2. The molecule has 3 aromatic heterocycles. The number of fused-ring (bicyclic) bond motifs is 3. The molecule has 1 atom stereocenters. The summed E-state index contributed by atoms with van der Waals surface area (Å²) in [5.41, 5.74) is 6.16. The van der Waals surface area contributed by atoms with Gasteiger partial charge in [-0.1, -0.05) is 30.3 Å². The maximum absolute atomic E-state index is 12.5. The highest BCUT2D eigenvalue weighted by Crippen LogP contribution is 2.38. The van der Waals surface area contributed by atoms with Gasteiger partial charge in [0.2, 0.25) is 5.91 Å². The molecule has 4 heterocycles. The molecule has 0 fully saturated rings. The lowest BCUT2D eigenvalue weighted by molar-refractivity contribution is -0.121. The minimum absolute atomic E-state index is 0.0369. The van der Waals surface area contributed by atoms with Crippen molar-refractivity contribution in [2.75, 3.05) is 0 Å². The first-order chi connectivity index (χ1) is 13.6. The smallest absolute Gasteiger partial charge is 0.221 e. The van der Waals surface area contributed by atoms with Crippen molar-refractivity contribution in [2.45, 2.75) is 32.7 Å². The number of rotatable bonds is 2. The van der Waals surface area contributed by atoms with Crippen molar-refractivity contribution in [1.29, 1.82) is 0 Å². The maximum Gasteiger partial charge on any atom is 0.221 e. The molecule has 5 nitrogen and oxygen atoms in total. The summed E-state index contributed by atoms with van der Waals surface area (Å²) in [5, 5.41) is 3.00. The molecular formula is C23H21N3O2. The van der Waals surface area contributed by atoms with Crippen LogP contribution in [0, 0.1) is 13.8 Å². The van der Waals surface area contributed by atoms with E-state index in [0.717, 1.165) is 45.2 Å². The average molecular weight is 371 g/mol. The topological polar surface area (TPSA) is 59.5 Å². The predicted molar refractivity (Wildman–Crippen MR) is 107 cm³/mol. The van der Waals surface area contributed by atoms with Crippen LogP contribution >= 0.6 is 0 Å². The Morgan fingerprint density at radius 3 is 2.79 bits per heavy atom. The first-order valence-electron chi connectivity index (χ1n) is 9.50. The Balaban J connectivity index is 1.76. The highest BCUT2D eigenvalue weighted by molar-refractivity contribution is 5.79. The van der Waals surface area contributed by atoms with Gasteiger partial charge in [-0.05, 0) is 43.2 Å². The third-order valence-corrected chi connectivity index (χ3v) is 5.39. The van der Waals surface area contributed by atoms with Crippen LogP contribution < -0.4 is 5.32 Å². The standard InChI is InChI=1S/C23H21N3O2/c1-14-7-10-21-25-19-12-24-22(27)11-18(23(19)26(21)13-14)16-5-3-4-6-17(16)20-9-8-15(2)28-20/h3-10,13,18H,11-12H2,1-2H3,(H,24,27)/t18-/m0/s1. The van der Waals surface area contributed by atoms with Gasteiger partial charge in [-0.25, -0.2) is 4.98 Å². The fourth-order valence-corrected chi connectivity index (χ4v) is 4.12. The monoisotopic (exact) mass is 371 g/mol. The highest BCUT2D eigenvalue weighted by Gasteiger charge is 2.30. The molecule has 0 saturated heterocycles. The number of amides is 1. The zero-order valence-corrected chi connectivity index (χ0v) is 15.9. The highest BCUT2D eigenvalue weighted by atomic mass is 16.3. The van der Waals surface area contributed by atoms with Gasteiger partial charge in [0.1, 0.15) is 17.2 Å². The molecule has 1 aliphatic heterocycles. The van der Waals surface area contributed by atoms with Gasteiger partial charge in [-0.3, -0.25) is 4.79 Å². The van der Waals surface area contributed by atoms with Gasteiger partial charge >= 0.3 is 0 Å². The number of aromatic nitrogens is 2. The number of furan rings is 1. The molecule has 0 radical (unpaired) electrons. The largest absolute Gasteiger partial charge is 0.461 e. The van der Waals surface area contributed by atoms with E-state index in [1.807, 2.05) is 37.3 Å². The summed E-state index contributed by atoms with van der Waals surface area (Å²) >= 11 is 0. The summed E-state index contributed by atoms with van der Waals surface area (Å²) in [4.78, 5) is 17.3. The number of pyridine rings is 1. The van der Waals surface area contributed by atoms with Gasteiger partial charge in [0.25, 0.3) is 0 Å². The van der Waals surface area contributed by atoms with Gasteiger partial charge in [-0.2, -0.15) is 0 Å². The third kappa shape index (κ3) is 2.71. The molecule has 0 unspecified atom stereocenters. The van der Waals surface area contributed by atoms with Crippen molar-refractivity contribution in [3.8, 4) is 11.3 Å². The van der Waals surface area contributed by atoms with Crippen molar-refractivity contribution < 1.29 is 9.21 Å². The Bertz CT molecular complexity index is 1200. The predicted octanol–water partition coefficient (Wildman–Crippen LogP) is 4.36. The van der Waals surface area contributed by atoms with E-state index in [1.54, 1.807) is 0 Å². The molecule has 1 amide bonds. The van der Waals surface area contributed by atoms with Crippen molar-refractivity contribution in [2.24, 2.45) is 0 Å². The molecule has 0 spiro atoms. The van der Waals surface area contributed by atoms with Crippen molar-refractivity contribution in [3.63, 3.8) is 0 Å². The van der Waals surface area contributed by atoms with Crippen molar-refractivity contribution in [1.82, 2.24) is 14.7 Å². The average Bonchev–Trinajstić information content (AvgIpc) is 3.23. The molecule has 28 heavy (non-hydrogen) atoms. The molecule has 5 rings (SSSR count). The van der Waals surface area contributed by atoms with Gasteiger partial charge in [0.15, 0.2) is 0 Å². The van der Waals surface area contributed by atoms with Crippen LogP contribution in [-0.2, 0) is 11.3 Å².